The van der Waals surface area contributed by atoms with E-state index in [1.54, 1.807) is 32.8 Å². The van der Waals surface area contributed by atoms with Crippen molar-refractivity contribution in [2.45, 2.75) is 97.4 Å². The highest BCUT2D eigenvalue weighted by atomic mass is 31.2. The second-order valence-electron chi connectivity index (χ2n) is 18.9. The summed E-state index contributed by atoms with van der Waals surface area (Å²) in [6, 6.07) is 32.6. The molecule has 0 amide bonds. The first-order chi connectivity index (χ1) is 33.5. The van der Waals surface area contributed by atoms with Crippen molar-refractivity contribution in [3.8, 4) is 29.1 Å². The molecule has 2 aliphatic rings. The Labute approximate surface area is 411 Å². The summed E-state index contributed by atoms with van der Waals surface area (Å²) in [7, 11) is -0.259. The van der Waals surface area contributed by atoms with Crippen LogP contribution >= 0.6 is 7.60 Å². The Hall–Kier alpha value is -6.23. The maximum Gasteiger partial charge on any atom is 0.380 e. The predicted octanol–water partition coefficient (Wildman–Crippen LogP) is 10.4. The van der Waals surface area contributed by atoms with Crippen LogP contribution in [0.25, 0.3) is 0 Å². The summed E-state index contributed by atoms with van der Waals surface area (Å²) < 4.78 is 58.1. The molecule has 7 rings (SSSR count). The number of ether oxygens (including phenoxy) is 5. The fourth-order valence-electron chi connectivity index (χ4n) is 8.96. The molecule has 0 bridgehead atoms. The highest BCUT2D eigenvalue weighted by Gasteiger charge is 2.45. The van der Waals surface area contributed by atoms with Gasteiger partial charge < -0.3 is 33.1 Å². The van der Waals surface area contributed by atoms with Gasteiger partial charge in [0.05, 0.1) is 38.9 Å². The average molecular weight is 973 g/mol. The molecule has 0 spiro atoms. The van der Waals surface area contributed by atoms with E-state index in [4.69, 9.17) is 37.7 Å². The molecule has 4 aromatic carbocycles. The molecular formula is C55H65N4O10P. The normalized spacial score (nSPS) is 19.6. The van der Waals surface area contributed by atoms with Gasteiger partial charge in [-0.3, -0.25) is 13.9 Å². The SMILES string of the molecule is COc1ccc(C(OCC2OC(n3cc(C#CCCCP4(=O)Oc5ccccc5C(C)(C)O4)c(N=CN(CC(C)C)CC(C)C)nc3=O)CC2OC(C)=O)(c2ccccc2)c2ccc(OC)cc2)cc1. The molecule has 1 saturated heterocycles. The number of rotatable bonds is 19. The molecular weight excluding hydrogens is 908 g/mol. The van der Waals surface area contributed by atoms with Crippen molar-refractivity contribution in [2.24, 2.45) is 16.8 Å². The number of unbranched alkanes of at least 4 members (excludes halogenated alkanes) is 1. The summed E-state index contributed by atoms with van der Waals surface area (Å²) in [5.41, 5.74) is 1.08. The van der Waals surface area contributed by atoms with E-state index in [0.29, 0.717) is 47.5 Å². The Morgan fingerprint density at radius 3 is 2.11 bits per heavy atom. The van der Waals surface area contributed by atoms with Crippen molar-refractivity contribution < 1.29 is 42.1 Å². The Morgan fingerprint density at radius 1 is 0.914 bits per heavy atom. The molecule has 1 aromatic heterocycles. The zero-order valence-electron chi connectivity index (χ0n) is 41.6. The van der Waals surface area contributed by atoms with Crippen molar-refractivity contribution in [1.29, 1.82) is 0 Å². The molecule has 2 aliphatic heterocycles. The van der Waals surface area contributed by atoms with Crippen LogP contribution in [-0.2, 0) is 39.3 Å². The summed E-state index contributed by atoms with van der Waals surface area (Å²) in [5.74, 6) is 8.68. The maximum absolute atomic E-state index is 14.1. The molecule has 4 unspecified atom stereocenters. The van der Waals surface area contributed by atoms with Crippen molar-refractivity contribution in [3.63, 3.8) is 0 Å². The van der Waals surface area contributed by atoms with Crippen LogP contribution in [0.2, 0.25) is 0 Å². The van der Waals surface area contributed by atoms with Gasteiger partial charge in [0.25, 0.3) is 0 Å². The molecule has 14 nitrogen and oxygen atoms in total. The molecule has 70 heavy (non-hydrogen) atoms. The number of hydrogen-bond donors (Lipinski definition) is 0. The molecule has 0 radical (unpaired) electrons. The van der Waals surface area contributed by atoms with Gasteiger partial charge in [0.2, 0.25) is 0 Å². The van der Waals surface area contributed by atoms with E-state index in [-0.39, 0.29) is 25.0 Å². The van der Waals surface area contributed by atoms with E-state index in [9.17, 15) is 14.2 Å². The Bertz CT molecular complexity index is 2710. The van der Waals surface area contributed by atoms with Crippen molar-refractivity contribution in [1.82, 2.24) is 14.5 Å². The zero-order chi connectivity index (χ0) is 50.1. The number of benzene rings is 4. The third-order valence-electron chi connectivity index (χ3n) is 12.0. The number of aromatic nitrogens is 2. The second kappa shape index (κ2) is 22.7. The summed E-state index contributed by atoms with van der Waals surface area (Å²) in [5, 5.41) is 0. The van der Waals surface area contributed by atoms with Crippen molar-refractivity contribution >= 4 is 25.7 Å². The standard InChI is InChI=1S/C55H65N4O10P/c1-38(2)33-58(34-39(3)4)37-56-52-41(18-12-11-17-31-70(62)68-48-22-16-15-21-47(48)54(6,7)69-70)35-59(53(61)57-52)51-32-49(66-40(5)60)50(67-51)36-65-55(42-19-13-10-14-20-42,43-23-27-45(63-8)28-24-43)44-25-29-46(64-9)30-26-44/h10,13-16,19-30,35,37-39,49-51H,11,17,31-34,36H2,1-9H3. The minimum absolute atomic E-state index is 0.0553. The van der Waals surface area contributed by atoms with Crippen LogP contribution in [0, 0.1) is 23.7 Å². The number of fused-ring (bicyclic) bond motifs is 1. The van der Waals surface area contributed by atoms with Crippen LogP contribution < -0.4 is 19.7 Å². The van der Waals surface area contributed by atoms with Gasteiger partial charge in [-0.05, 0) is 79.1 Å². The minimum atomic E-state index is -3.49. The first-order valence-corrected chi connectivity index (χ1v) is 25.6. The first kappa shape index (κ1) is 51.6. The molecule has 370 valence electrons. The van der Waals surface area contributed by atoms with Gasteiger partial charge in [0.15, 0.2) is 5.82 Å². The summed E-state index contributed by atoms with van der Waals surface area (Å²) in [6.07, 6.45) is 1.82. The van der Waals surface area contributed by atoms with Crippen LogP contribution in [0.5, 0.6) is 17.2 Å². The van der Waals surface area contributed by atoms with Gasteiger partial charge >= 0.3 is 19.3 Å². The Morgan fingerprint density at radius 2 is 1.51 bits per heavy atom. The van der Waals surface area contributed by atoms with Crippen molar-refractivity contribution in [2.75, 3.05) is 40.1 Å². The number of esters is 1. The van der Waals surface area contributed by atoms with Gasteiger partial charge in [-0.25, -0.2) is 14.4 Å². The highest BCUT2D eigenvalue weighted by Crippen LogP contribution is 2.59. The third-order valence-corrected chi connectivity index (χ3v) is 14.1. The van der Waals surface area contributed by atoms with Crippen LogP contribution in [0.15, 0.2) is 119 Å². The van der Waals surface area contributed by atoms with Crippen LogP contribution in [0.1, 0.15) is 102 Å². The van der Waals surface area contributed by atoms with E-state index in [1.165, 1.54) is 11.5 Å². The molecule has 5 aromatic rings. The molecule has 0 aliphatic carbocycles. The van der Waals surface area contributed by atoms with E-state index in [1.807, 2.05) is 111 Å². The smallest absolute Gasteiger partial charge is 0.380 e. The first-order valence-electron chi connectivity index (χ1n) is 23.8. The topological polar surface area (TPSA) is 149 Å². The number of carbonyl (C=O) groups is 1. The van der Waals surface area contributed by atoms with Crippen molar-refractivity contribution in [3.05, 3.63) is 148 Å². The van der Waals surface area contributed by atoms with E-state index < -0.39 is 48.9 Å². The fraction of sp³-hybridized carbons (Fsp3) is 0.418. The van der Waals surface area contributed by atoms with Crippen LogP contribution in [0.4, 0.5) is 5.82 Å². The lowest BCUT2D eigenvalue weighted by atomic mass is 9.80. The number of nitrogens with zero attached hydrogens (tertiary/aromatic N) is 4. The molecule has 3 heterocycles. The molecule has 0 N–H and O–H groups in total. The lowest BCUT2D eigenvalue weighted by molar-refractivity contribution is -0.153. The predicted molar refractivity (Wildman–Crippen MR) is 270 cm³/mol. The fourth-order valence-corrected chi connectivity index (χ4v) is 11.0. The number of aliphatic imine (C=N–C) groups is 1. The van der Waals surface area contributed by atoms with E-state index >= 15 is 0 Å². The summed E-state index contributed by atoms with van der Waals surface area (Å²) in [6.45, 7) is 15.1. The zero-order valence-corrected chi connectivity index (χ0v) is 42.5. The van der Waals surface area contributed by atoms with Gasteiger partial charge in [-0.2, -0.15) is 4.98 Å². The van der Waals surface area contributed by atoms with Crippen LogP contribution in [-0.4, -0.2) is 79.0 Å². The lowest BCUT2D eigenvalue weighted by Gasteiger charge is -2.37. The molecule has 0 saturated carbocycles. The number of carbonyl (C=O) groups excluding carboxylic acids is 1. The minimum Gasteiger partial charge on any atom is -0.497 e. The number of methoxy groups -OCH3 is 2. The molecule has 15 heteroatoms. The van der Waals surface area contributed by atoms with Gasteiger partial charge in [-0.15, -0.1) is 0 Å². The molecule has 1 fully saturated rings. The van der Waals surface area contributed by atoms with Crippen LogP contribution in [0.3, 0.4) is 0 Å². The summed E-state index contributed by atoms with van der Waals surface area (Å²) in [4.78, 5) is 38.1. The molecule has 4 atom stereocenters. The quantitative estimate of drug-likeness (QED) is 0.0147. The summed E-state index contributed by atoms with van der Waals surface area (Å²) >= 11 is 0. The van der Waals surface area contributed by atoms with Gasteiger partial charge in [0.1, 0.15) is 46.9 Å². The maximum atomic E-state index is 14.1. The Balaban J connectivity index is 1.20. The van der Waals surface area contributed by atoms with E-state index in [0.717, 1.165) is 35.3 Å². The largest absolute Gasteiger partial charge is 0.497 e. The van der Waals surface area contributed by atoms with Gasteiger partial charge in [-0.1, -0.05) is 112 Å². The lowest BCUT2D eigenvalue weighted by Crippen LogP contribution is -2.39. The number of hydrogen-bond acceptors (Lipinski definition) is 12. The second-order valence-corrected chi connectivity index (χ2v) is 20.9. The monoisotopic (exact) mass is 972 g/mol. The highest BCUT2D eigenvalue weighted by molar-refractivity contribution is 7.54. The third kappa shape index (κ3) is 12.4. The number of para-hydroxylation sites is 1. The van der Waals surface area contributed by atoms with E-state index in [2.05, 4.69) is 49.4 Å². The Kier molecular flexibility index (Phi) is 16.7. The average Bonchev–Trinajstić information content (AvgIpc) is 3.72. The van der Waals surface area contributed by atoms with Gasteiger partial charge in [0, 0.05) is 44.6 Å².